The lowest BCUT2D eigenvalue weighted by molar-refractivity contribution is -0.140. The Kier molecular flexibility index (Phi) is 5.50. The molecule has 1 atom stereocenters. The van der Waals surface area contributed by atoms with Crippen molar-refractivity contribution in [3.8, 4) is 0 Å². The van der Waals surface area contributed by atoms with Crippen molar-refractivity contribution in [2.45, 2.75) is 50.7 Å². The maximum absolute atomic E-state index is 12.6. The molecule has 26 heavy (non-hydrogen) atoms. The van der Waals surface area contributed by atoms with Gasteiger partial charge in [0.1, 0.15) is 0 Å². The van der Waals surface area contributed by atoms with Gasteiger partial charge < -0.3 is 10.6 Å². The average Bonchev–Trinajstić information content (AvgIpc) is 3.26. The Morgan fingerprint density at radius 2 is 1.88 bits per heavy atom. The van der Waals surface area contributed by atoms with Crippen molar-refractivity contribution in [1.82, 2.24) is 10.3 Å². The average molecular weight is 383 g/mol. The molecule has 1 aliphatic rings. The quantitative estimate of drug-likeness (QED) is 0.758. The number of alkyl halides is 3. The van der Waals surface area contributed by atoms with Gasteiger partial charge in [-0.05, 0) is 37.5 Å². The van der Waals surface area contributed by atoms with Crippen LogP contribution in [0, 0.1) is 0 Å². The number of carbonyl (C=O) groups is 1. The van der Waals surface area contributed by atoms with Gasteiger partial charge >= 0.3 is 6.18 Å². The van der Waals surface area contributed by atoms with Gasteiger partial charge in [-0.1, -0.05) is 25.0 Å². The maximum Gasteiger partial charge on any atom is 0.434 e. The van der Waals surface area contributed by atoms with E-state index in [1.807, 2.05) is 6.92 Å². The van der Waals surface area contributed by atoms with Gasteiger partial charge in [-0.15, -0.1) is 11.3 Å². The second-order valence-corrected chi connectivity index (χ2v) is 7.35. The summed E-state index contributed by atoms with van der Waals surface area (Å²) in [5, 5.41) is 7.09. The fraction of sp³-hybridized carbons (Fsp3) is 0.444. The van der Waals surface area contributed by atoms with E-state index < -0.39 is 11.9 Å². The first-order valence-electron chi connectivity index (χ1n) is 8.53. The number of rotatable bonds is 5. The third-order valence-electron chi connectivity index (χ3n) is 4.55. The van der Waals surface area contributed by atoms with Crippen LogP contribution >= 0.6 is 11.3 Å². The lowest BCUT2D eigenvalue weighted by Gasteiger charge is -2.17. The second-order valence-electron chi connectivity index (χ2n) is 6.49. The first-order chi connectivity index (χ1) is 12.3. The minimum atomic E-state index is -4.44. The monoisotopic (exact) mass is 383 g/mol. The normalized spacial score (nSPS) is 16.5. The molecule has 2 N–H and O–H groups in total. The van der Waals surface area contributed by atoms with Gasteiger partial charge in [0.05, 0.1) is 5.92 Å². The summed E-state index contributed by atoms with van der Waals surface area (Å²) < 4.78 is 37.7. The van der Waals surface area contributed by atoms with E-state index in [0.717, 1.165) is 48.0 Å². The number of aromatic nitrogens is 1. The predicted molar refractivity (Wildman–Crippen MR) is 95.7 cm³/mol. The molecule has 1 fully saturated rings. The number of amides is 1. The number of halogens is 3. The molecule has 1 aromatic carbocycles. The zero-order valence-corrected chi connectivity index (χ0v) is 15.1. The highest BCUT2D eigenvalue weighted by Crippen LogP contribution is 2.32. The van der Waals surface area contributed by atoms with Crippen LogP contribution in [0.15, 0.2) is 29.6 Å². The largest absolute Gasteiger partial charge is 0.434 e. The molecule has 0 saturated heterocycles. The van der Waals surface area contributed by atoms with Gasteiger partial charge in [-0.3, -0.25) is 4.79 Å². The fourth-order valence-corrected chi connectivity index (χ4v) is 3.73. The number of hydrogen-bond donors (Lipinski definition) is 2. The van der Waals surface area contributed by atoms with Gasteiger partial charge in [0.2, 0.25) is 5.91 Å². The molecule has 140 valence electrons. The Bertz CT molecular complexity index is 752. The standard InChI is InChI=1S/C18H20F3N3OS/c1-11(16(25)22-13-4-2-3-5-13)12-6-8-14(9-7-12)23-17-24-15(10-26-17)18(19,20)21/h6-11,13H,2-5H2,1H3,(H,22,25)(H,23,24)/t11-/m0/s1. The molecule has 4 nitrogen and oxygen atoms in total. The van der Waals surface area contributed by atoms with Crippen LogP contribution in [0.3, 0.4) is 0 Å². The van der Waals surface area contributed by atoms with E-state index in [-0.39, 0.29) is 23.0 Å². The van der Waals surface area contributed by atoms with Gasteiger partial charge in [-0.25, -0.2) is 4.98 Å². The Labute approximate surface area is 153 Å². The molecule has 1 aliphatic carbocycles. The number of nitrogens with one attached hydrogen (secondary N) is 2. The van der Waals surface area contributed by atoms with Gasteiger partial charge in [0, 0.05) is 17.1 Å². The van der Waals surface area contributed by atoms with Crippen LogP contribution in [-0.4, -0.2) is 16.9 Å². The van der Waals surface area contributed by atoms with E-state index in [1.54, 1.807) is 24.3 Å². The molecule has 0 spiro atoms. The molecule has 0 unspecified atom stereocenters. The van der Waals surface area contributed by atoms with Crippen molar-refractivity contribution >= 4 is 28.1 Å². The van der Waals surface area contributed by atoms with Crippen LogP contribution in [0.1, 0.15) is 49.8 Å². The summed E-state index contributed by atoms with van der Waals surface area (Å²) in [5.41, 5.74) is 0.584. The lowest BCUT2D eigenvalue weighted by atomic mass is 9.99. The zero-order valence-electron chi connectivity index (χ0n) is 14.3. The van der Waals surface area contributed by atoms with Crippen LogP contribution in [-0.2, 0) is 11.0 Å². The van der Waals surface area contributed by atoms with Crippen molar-refractivity contribution in [2.75, 3.05) is 5.32 Å². The highest BCUT2D eigenvalue weighted by Gasteiger charge is 2.33. The fourth-order valence-electron chi connectivity index (χ4n) is 2.99. The molecular formula is C18H20F3N3OS. The Balaban J connectivity index is 1.60. The first kappa shape index (κ1) is 18.7. The number of hydrogen-bond acceptors (Lipinski definition) is 4. The molecule has 1 heterocycles. The molecule has 0 radical (unpaired) electrons. The summed E-state index contributed by atoms with van der Waals surface area (Å²) in [6, 6.07) is 7.37. The maximum atomic E-state index is 12.6. The number of benzene rings is 1. The summed E-state index contributed by atoms with van der Waals surface area (Å²) in [4.78, 5) is 15.9. The van der Waals surface area contributed by atoms with Crippen LogP contribution in [0.25, 0.3) is 0 Å². The number of thiazole rings is 1. The molecule has 3 rings (SSSR count). The minimum absolute atomic E-state index is 0.00681. The SMILES string of the molecule is C[C@H](C(=O)NC1CCCC1)c1ccc(Nc2nc(C(F)(F)F)cs2)cc1. The molecule has 1 saturated carbocycles. The molecule has 8 heteroatoms. The van der Waals surface area contributed by atoms with Crippen LogP contribution in [0.4, 0.5) is 24.0 Å². The first-order valence-corrected chi connectivity index (χ1v) is 9.41. The van der Waals surface area contributed by atoms with Crippen LogP contribution < -0.4 is 10.6 Å². The third kappa shape index (κ3) is 4.55. The van der Waals surface area contributed by atoms with Gasteiger partial charge in [0.25, 0.3) is 0 Å². The summed E-state index contributed by atoms with van der Waals surface area (Å²) in [5.74, 6) is -0.270. The highest BCUT2D eigenvalue weighted by molar-refractivity contribution is 7.13. The molecule has 1 amide bonds. The number of carbonyl (C=O) groups excluding carboxylic acids is 1. The summed E-state index contributed by atoms with van der Waals surface area (Å²) >= 11 is 0.898. The Morgan fingerprint density at radius 1 is 1.23 bits per heavy atom. The van der Waals surface area contributed by atoms with E-state index in [4.69, 9.17) is 0 Å². The van der Waals surface area contributed by atoms with Gasteiger partial charge in [0.15, 0.2) is 10.8 Å². The smallest absolute Gasteiger partial charge is 0.353 e. The summed E-state index contributed by atoms with van der Waals surface area (Å²) in [6.45, 7) is 1.85. The molecule has 0 bridgehead atoms. The highest BCUT2D eigenvalue weighted by atomic mass is 32.1. The van der Waals surface area contributed by atoms with E-state index in [0.29, 0.717) is 5.69 Å². The van der Waals surface area contributed by atoms with Crippen LogP contribution in [0.5, 0.6) is 0 Å². The van der Waals surface area contributed by atoms with Gasteiger partial charge in [-0.2, -0.15) is 13.2 Å². The summed E-state index contributed by atoms with van der Waals surface area (Å²) in [6.07, 6.45) is -0.0501. The van der Waals surface area contributed by atoms with E-state index in [2.05, 4.69) is 15.6 Å². The zero-order chi connectivity index (χ0) is 18.7. The van der Waals surface area contributed by atoms with Crippen molar-refractivity contribution in [3.63, 3.8) is 0 Å². The number of nitrogens with zero attached hydrogens (tertiary/aromatic N) is 1. The molecule has 0 aliphatic heterocycles. The Morgan fingerprint density at radius 3 is 2.46 bits per heavy atom. The van der Waals surface area contributed by atoms with E-state index in [1.165, 1.54) is 0 Å². The minimum Gasteiger partial charge on any atom is -0.353 e. The third-order valence-corrected chi connectivity index (χ3v) is 5.31. The van der Waals surface area contributed by atoms with Crippen molar-refractivity contribution < 1.29 is 18.0 Å². The topological polar surface area (TPSA) is 54.0 Å². The second kappa shape index (κ2) is 7.65. The number of anilines is 2. The van der Waals surface area contributed by atoms with Crippen LogP contribution in [0.2, 0.25) is 0 Å². The van der Waals surface area contributed by atoms with Crippen molar-refractivity contribution in [1.29, 1.82) is 0 Å². The predicted octanol–water partition coefficient (Wildman–Crippen LogP) is 5.07. The summed E-state index contributed by atoms with van der Waals surface area (Å²) in [7, 11) is 0. The molecule has 2 aromatic rings. The Hall–Kier alpha value is -2.09. The van der Waals surface area contributed by atoms with E-state index in [9.17, 15) is 18.0 Å². The molecule has 1 aromatic heterocycles. The van der Waals surface area contributed by atoms with Crippen molar-refractivity contribution in [2.24, 2.45) is 0 Å². The van der Waals surface area contributed by atoms with E-state index >= 15 is 0 Å². The molecular weight excluding hydrogens is 363 g/mol. The van der Waals surface area contributed by atoms with Crippen molar-refractivity contribution in [3.05, 3.63) is 40.9 Å². The lowest BCUT2D eigenvalue weighted by Crippen LogP contribution is -2.35.